The van der Waals surface area contributed by atoms with E-state index in [0.29, 0.717) is 29.3 Å². The molecule has 1 fully saturated rings. The first-order chi connectivity index (χ1) is 12.5. The van der Waals surface area contributed by atoms with Gasteiger partial charge in [-0.3, -0.25) is 4.79 Å². The van der Waals surface area contributed by atoms with Crippen molar-refractivity contribution in [3.05, 3.63) is 64.7 Å². The Morgan fingerprint density at radius 3 is 2.81 bits per heavy atom. The van der Waals surface area contributed by atoms with Crippen LogP contribution in [0, 0.1) is 11.6 Å². The Kier molecular flexibility index (Phi) is 6.06. The molecule has 0 radical (unpaired) electrons. The average Bonchev–Trinajstić information content (AvgIpc) is 2.64. The Morgan fingerprint density at radius 2 is 2.04 bits per heavy atom. The zero-order valence-electron chi connectivity index (χ0n) is 14.0. The fourth-order valence-electron chi connectivity index (χ4n) is 3.11. The molecule has 1 heterocycles. The van der Waals surface area contributed by atoms with Crippen molar-refractivity contribution < 1.29 is 18.3 Å². The lowest BCUT2D eigenvalue weighted by Crippen LogP contribution is -2.51. The van der Waals surface area contributed by atoms with E-state index in [1.54, 1.807) is 30.3 Å². The van der Waals surface area contributed by atoms with Crippen LogP contribution in [0.1, 0.15) is 17.9 Å². The third kappa shape index (κ3) is 4.51. The van der Waals surface area contributed by atoms with E-state index in [1.165, 1.54) is 6.07 Å². The molecule has 7 heteroatoms. The van der Waals surface area contributed by atoms with Crippen LogP contribution in [0.5, 0.6) is 5.75 Å². The van der Waals surface area contributed by atoms with Gasteiger partial charge in [0.1, 0.15) is 5.75 Å². The van der Waals surface area contributed by atoms with Gasteiger partial charge >= 0.3 is 0 Å². The van der Waals surface area contributed by atoms with E-state index in [0.717, 1.165) is 12.6 Å². The number of halogens is 3. The highest BCUT2D eigenvalue weighted by Gasteiger charge is 2.28. The van der Waals surface area contributed by atoms with Crippen LogP contribution in [-0.2, 0) is 4.79 Å². The second-order valence-corrected chi connectivity index (χ2v) is 6.57. The summed E-state index contributed by atoms with van der Waals surface area (Å²) in [6.45, 7) is 1.11. The van der Waals surface area contributed by atoms with Crippen LogP contribution in [0.3, 0.4) is 0 Å². The van der Waals surface area contributed by atoms with Crippen LogP contribution < -0.4 is 15.4 Å². The van der Waals surface area contributed by atoms with E-state index in [1.807, 2.05) is 0 Å². The molecule has 1 saturated heterocycles. The molecule has 0 saturated carbocycles. The van der Waals surface area contributed by atoms with Gasteiger partial charge in [-0.05, 0) is 42.8 Å². The highest BCUT2D eigenvalue weighted by atomic mass is 35.5. The summed E-state index contributed by atoms with van der Waals surface area (Å²) in [7, 11) is 0. The highest BCUT2D eigenvalue weighted by Crippen LogP contribution is 2.27. The Balaban J connectivity index is 1.63. The smallest absolute Gasteiger partial charge is 0.258 e. The van der Waals surface area contributed by atoms with Crippen LogP contribution >= 0.6 is 11.6 Å². The van der Waals surface area contributed by atoms with Crippen molar-refractivity contribution in [1.82, 2.24) is 10.6 Å². The Hall–Kier alpha value is -2.18. The lowest BCUT2D eigenvalue weighted by molar-refractivity contribution is -0.124. The fraction of sp³-hybridized carbons (Fsp3) is 0.316. The number of piperidine rings is 1. The van der Waals surface area contributed by atoms with Crippen LogP contribution in [0.4, 0.5) is 8.78 Å². The molecule has 2 aromatic carbocycles. The van der Waals surface area contributed by atoms with Gasteiger partial charge in [0.2, 0.25) is 0 Å². The Morgan fingerprint density at radius 1 is 1.23 bits per heavy atom. The molecule has 1 aliphatic heterocycles. The summed E-state index contributed by atoms with van der Waals surface area (Å²) >= 11 is 6.00. The number of hydrogen-bond acceptors (Lipinski definition) is 3. The summed E-state index contributed by atoms with van der Waals surface area (Å²) in [6.07, 6.45) is 0.710. The monoisotopic (exact) mass is 380 g/mol. The minimum Gasteiger partial charge on any atom is -0.482 e. The third-order valence-corrected chi connectivity index (χ3v) is 4.71. The molecule has 1 amide bonds. The number of benzene rings is 2. The lowest BCUT2D eigenvalue weighted by atomic mass is 9.86. The molecule has 0 aliphatic carbocycles. The van der Waals surface area contributed by atoms with Crippen molar-refractivity contribution in [3.8, 4) is 5.75 Å². The van der Waals surface area contributed by atoms with Gasteiger partial charge in [0.25, 0.3) is 5.91 Å². The van der Waals surface area contributed by atoms with Gasteiger partial charge in [0, 0.05) is 18.5 Å². The van der Waals surface area contributed by atoms with Crippen LogP contribution in [-0.4, -0.2) is 31.6 Å². The van der Waals surface area contributed by atoms with Crippen LogP contribution in [0.2, 0.25) is 5.02 Å². The summed E-state index contributed by atoms with van der Waals surface area (Å²) in [5.41, 5.74) is 0.669. The van der Waals surface area contributed by atoms with Crippen LogP contribution in [0.25, 0.3) is 0 Å². The quantitative estimate of drug-likeness (QED) is 0.837. The van der Waals surface area contributed by atoms with E-state index < -0.39 is 11.6 Å². The molecule has 0 aromatic heterocycles. The van der Waals surface area contributed by atoms with Gasteiger partial charge in [0.15, 0.2) is 18.2 Å². The Labute approximate surface area is 155 Å². The molecule has 138 valence electrons. The number of hydrogen-bond donors (Lipinski definition) is 2. The van der Waals surface area contributed by atoms with Crippen molar-refractivity contribution in [2.75, 3.05) is 19.7 Å². The molecule has 0 spiro atoms. The van der Waals surface area contributed by atoms with E-state index in [9.17, 15) is 13.6 Å². The van der Waals surface area contributed by atoms with Crippen molar-refractivity contribution in [2.24, 2.45) is 0 Å². The topological polar surface area (TPSA) is 50.4 Å². The van der Waals surface area contributed by atoms with Gasteiger partial charge in [-0.25, -0.2) is 8.78 Å². The van der Waals surface area contributed by atoms with Gasteiger partial charge in [-0.1, -0.05) is 29.8 Å². The van der Waals surface area contributed by atoms with E-state index >= 15 is 0 Å². The number of nitrogens with one attached hydrogen (secondary N) is 2. The molecule has 26 heavy (non-hydrogen) atoms. The van der Waals surface area contributed by atoms with E-state index in [4.69, 9.17) is 16.3 Å². The molecule has 3 rings (SSSR count). The first-order valence-electron chi connectivity index (χ1n) is 8.37. The number of carbonyl (C=O) groups is 1. The van der Waals surface area contributed by atoms with Crippen molar-refractivity contribution in [2.45, 2.75) is 18.4 Å². The summed E-state index contributed by atoms with van der Waals surface area (Å²) in [5, 5.41) is 6.54. The maximum atomic E-state index is 13.6. The number of rotatable bonds is 5. The van der Waals surface area contributed by atoms with Crippen molar-refractivity contribution in [1.29, 1.82) is 0 Å². The maximum absolute atomic E-state index is 13.6. The van der Waals surface area contributed by atoms with Gasteiger partial charge in [-0.15, -0.1) is 0 Å². The van der Waals surface area contributed by atoms with E-state index in [-0.39, 0.29) is 24.5 Å². The zero-order valence-corrected chi connectivity index (χ0v) is 14.7. The first-order valence-corrected chi connectivity index (χ1v) is 8.75. The zero-order chi connectivity index (χ0) is 18.5. The maximum Gasteiger partial charge on any atom is 0.258 e. The molecule has 2 atom stereocenters. The summed E-state index contributed by atoms with van der Waals surface area (Å²) in [6, 6.07) is 10.5. The predicted molar refractivity (Wildman–Crippen MR) is 95.5 cm³/mol. The molecule has 2 N–H and O–H groups in total. The second kappa shape index (κ2) is 8.47. The largest absolute Gasteiger partial charge is 0.482 e. The summed E-state index contributed by atoms with van der Waals surface area (Å²) in [4.78, 5) is 12.3. The fourth-order valence-corrected chi connectivity index (χ4v) is 3.30. The SMILES string of the molecule is O=C(COc1ccccc1Cl)NC1CNCCC1c1ccc(F)c(F)c1. The minimum atomic E-state index is -0.881. The Bertz CT molecular complexity index is 788. The number of ether oxygens (including phenoxy) is 1. The molecule has 2 aromatic rings. The van der Waals surface area contributed by atoms with Crippen LogP contribution in [0.15, 0.2) is 42.5 Å². The molecule has 1 aliphatic rings. The molecular formula is C19H19ClF2N2O2. The normalized spacial score (nSPS) is 19.8. The average molecular weight is 381 g/mol. The third-order valence-electron chi connectivity index (χ3n) is 4.40. The number of amides is 1. The predicted octanol–water partition coefficient (Wildman–Crippen LogP) is 3.26. The van der Waals surface area contributed by atoms with Gasteiger partial charge in [0.05, 0.1) is 5.02 Å². The standard InChI is InChI=1S/C19H19ClF2N2O2/c20-14-3-1-2-4-18(14)26-11-19(25)24-17-10-23-8-7-13(17)12-5-6-15(21)16(22)9-12/h1-6,9,13,17,23H,7-8,10-11H2,(H,24,25). The highest BCUT2D eigenvalue weighted by molar-refractivity contribution is 6.32. The number of para-hydroxylation sites is 1. The van der Waals surface area contributed by atoms with Crippen molar-refractivity contribution in [3.63, 3.8) is 0 Å². The summed E-state index contributed by atoms with van der Waals surface area (Å²) in [5.74, 6) is -1.73. The molecule has 4 nitrogen and oxygen atoms in total. The molecular weight excluding hydrogens is 362 g/mol. The van der Waals surface area contributed by atoms with E-state index in [2.05, 4.69) is 10.6 Å². The second-order valence-electron chi connectivity index (χ2n) is 6.17. The van der Waals surface area contributed by atoms with Gasteiger partial charge in [-0.2, -0.15) is 0 Å². The molecule has 2 unspecified atom stereocenters. The summed E-state index contributed by atoms with van der Waals surface area (Å²) < 4.78 is 32.2. The number of carbonyl (C=O) groups excluding carboxylic acids is 1. The molecule has 0 bridgehead atoms. The van der Waals surface area contributed by atoms with Gasteiger partial charge < -0.3 is 15.4 Å². The lowest BCUT2D eigenvalue weighted by Gasteiger charge is -2.33. The van der Waals surface area contributed by atoms with Crippen molar-refractivity contribution >= 4 is 17.5 Å². The minimum absolute atomic E-state index is 0.101. The first kappa shape index (κ1) is 18.6.